The third kappa shape index (κ3) is 5.45. The van der Waals surface area contributed by atoms with Crippen molar-refractivity contribution in [2.24, 2.45) is 11.3 Å². The summed E-state index contributed by atoms with van der Waals surface area (Å²) in [7, 11) is 1.68. The van der Waals surface area contributed by atoms with Gasteiger partial charge in [0.05, 0.1) is 18.6 Å². The molecule has 0 spiro atoms. The Labute approximate surface area is 169 Å². The second kappa shape index (κ2) is 10.0. The van der Waals surface area contributed by atoms with Crippen molar-refractivity contribution in [3.05, 3.63) is 0 Å². The minimum absolute atomic E-state index is 0.133. The first kappa shape index (κ1) is 21.5. The SMILES string of the molecule is COCC1(C(=O)N2CCN(CC(=O)NC3CCC(C)CC3)CC2)CCNCC1. The smallest absolute Gasteiger partial charge is 0.234 e. The molecule has 1 saturated carbocycles. The Bertz CT molecular complexity index is 514. The van der Waals surface area contributed by atoms with E-state index in [4.69, 9.17) is 4.74 Å². The normalized spacial score (nSPS) is 28.7. The molecule has 160 valence electrons. The van der Waals surface area contributed by atoms with E-state index in [0.29, 0.717) is 32.3 Å². The van der Waals surface area contributed by atoms with Crippen LogP contribution in [0.5, 0.6) is 0 Å². The summed E-state index contributed by atoms with van der Waals surface area (Å²) in [6, 6.07) is 0.348. The standard InChI is InChI=1S/C21H38N4O3/c1-17-3-5-18(6-4-17)23-19(26)15-24-11-13-25(14-12-24)20(27)21(16-28-2)7-9-22-10-8-21/h17-18,22H,3-16H2,1-2H3,(H,23,26). The molecule has 2 heterocycles. The molecular weight excluding hydrogens is 356 g/mol. The van der Waals surface area contributed by atoms with Gasteiger partial charge in [0.1, 0.15) is 0 Å². The zero-order chi connectivity index (χ0) is 20.0. The number of hydrogen-bond donors (Lipinski definition) is 2. The molecule has 0 aromatic carbocycles. The summed E-state index contributed by atoms with van der Waals surface area (Å²) < 4.78 is 5.41. The maximum Gasteiger partial charge on any atom is 0.234 e. The first-order valence-corrected chi connectivity index (χ1v) is 11.0. The van der Waals surface area contributed by atoms with Gasteiger partial charge in [0.2, 0.25) is 11.8 Å². The average Bonchev–Trinajstić information content (AvgIpc) is 2.71. The van der Waals surface area contributed by atoms with E-state index in [0.717, 1.165) is 57.8 Å². The van der Waals surface area contributed by atoms with E-state index in [1.165, 1.54) is 12.8 Å². The van der Waals surface area contributed by atoms with E-state index in [1.54, 1.807) is 7.11 Å². The second-order valence-electron chi connectivity index (χ2n) is 9.06. The molecule has 2 N–H and O–H groups in total. The Morgan fingerprint density at radius 2 is 1.71 bits per heavy atom. The van der Waals surface area contributed by atoms with E-state index in [9.17, 15) is 9.59 Å². The van der Waals surface area contributed by atoms with Gasteiger partial charge in [-0.05, 0) is 57.5 Å². The third-order valence-corrected chi connectivity index (χ3v) is 6.84. The van der Waals surface area contributed by atoms with Crippen molar-refractivity contribution in [2.75, 3.05) is 59.5 Å². The van der Waals surface area contributed by atoms with Crippen molar-refractivity contribution in [3.8, 4) is 0 Å². The van der Waals surface area contributed by atoms with Crippen LogP contribution in [-0.2, 0) is 14.3 Å². The summed E-state index contributed by atoms with van der Waals surface area (Å²) >= 11 is 0. The molecule has 7 heteroatoms. The van der Waals surface area contributed by atoms with Crippen LogP contribution in [-0.4, -0.2) is 87.2 Å². The topological polar surface area (TPSA) is 73.9 Å². The van der Waals surface area contributed by atoms with Gasteiger partial charge in [0.15, 0.2) is 0 Å². The molecule has 0 radical (unpaired) electrons. The lowest BCUT2D eigenvalue weighted by Gasteiger charge is -2.42. The van der Waals surface area contributed by atoms with Gasteiger partial charge in [-0.15, -0.1) is 0 Å². The Hall–Kier alpha value is -1.18. The van der Waals surface area contributed by atoms with E-state index in [-0.39, 0.29) is 17.2 Å². The van der Waals surface area contributed by atoms with Crippen LogP contribution in [0, 0.1) is 11.3 Å². The molecule has 2 saturated heterocycles. The van der Waals surface area contributed by atoms with E-state index in [2.05, 4.69) is 22.5 Å². The minimum Gasteiger partial charge on any atom is -0.384 e. The van der Waals surface area contributed by atoms with Crippen LogP contribution >= 0.6 is 0 Å². The molecule has 3 fully saturated rings. The van der Waals surface area contributed by atoms with Gasteiger partial charge in [-0.25, -0.2) is 0 Å². The molecule has 3 rings (SSSR count). The van der Waals surface area contributed by atoms with Gasteiger partial charge < -0.3 is 20.3 Å². The van der Waals surface area contributed by atoms with Gasteiger partial charge in [0, 0.05) is 39.3 Å². The minimum atomic E-state index is -0.377. The Morgan fingerprint density at radius 3 is 2.32 bits per heavy atom. The van der Waals surface area contributed by atoms with Crippen LogP contribution in [0.4, 0.5) is 0 Å². The van der Waals surface area contributed by atoms with E-state index >= 15 is 0 Å². The highest BCUT2D eigenvalue weighted by atomic mass is 16.5. The Morgan fingerprint density at radius 1 is 1.07 bits per heavy atom. The largest absolute Gasteiger partial charge is 0.384 e. The van der Waals surface area contributed by atoms with E-state index < -0.39 is 0 Å². The zero-order valence-electron chi connectivity index (χ0n) is 17.7. The van der Waals surface area contributed by atoms with Gasteiger partial charge in [-0.3, -0.25) is 14.5 Å². The molecule has 0 bridgehead atoms. The number of amides is 2. The van der Waals surface area contributed by atoms with Crippen LogP contribution in [0.2, 0.25) is 0 Å². The number of carbonyl (C=O) groups excluding carboxylic acids is 2. The molecule has 7 nitrogen and oxygen atoms in total. The first-order valence-electron chi connectivity index (χ1n) is 11.0. The van der Waals surface area contributed by atoms with Crippen molar-refractivity contribution in [2.45, 2.75) is 51.5 Å². The lowest BCUT2D eigenvalue weighted by Crippen LogP contribution is -2.57. The van der Waals surface area contributed by atoms with Crippen LogP contribution in [0.1, 0.15) is 45.4 Å². The molecule has 0 unspecified atom stereocenters. The molecule has 28 heavy (non-hydrogen) atoms. The summed E-state index contributed by atoms with van der Waals surface area (Å²) in [6.07, 6.45) is 6.30. The number of carbonyl (C=O) groups is 2. The molecule has 0 aromatic rings. The predicted octanol–water partition coefficient (Wildman–Crippen LogP) is 0.842. The fourth-order valence-corrected chi connectivity index (χ4v) is 4.93. The quantitative estimate of drug-likeness (QED) is 0.698. The first-order chi connectivity index (χ1) is 13.5. The molecule has 1 aliphatic carbocycles. The number of ether oxygens (including phenoxy) is 1. The van der Waals surface area contributed by atoms with Crippen molar-refractivity contribution >= 4 is 11.8 Å². The number of rotatable bonds is 6. The highest BCUT2D eigenvalue weighted by Crippen LogP contribution is 2.32. The maximum atomic E-state index is 13.2. The van der Waals surface area contributed by atoms with E-state index in [1.807, 2.05) is 4.90 Å². The number of piperazine rings is 1. The fourth-order valence-electron chi connectivity index (χ4n) is 4.93. The highest BCUT2D eigenvalue weighted by Gasteiger charge is 2.42. The number of nitrogens with one attached hydrogen (secondary N) is 2. The summed E-state index contributed by atoms with van der Waals surface area (Å²) in [4.78, 5) is 29.8. The number of piperidine rings is 1. The highest BCUT2D eigenvalue weighted by molar-refractivity contribution is 5.83. The van der Waals surface area contributed by atoms with Crippen molar-refractivity contribution in [1.82, 2.24) is 20.4 Å². The Kier molecular flexibility index (Phi) is 7.71. The lowest BCUT2D eigenvalue weighted by atomic mass is 9.78. The number of hydrogen-bond acceptors (Lipinski definition) is 5. The molecular formula is C21H38N4O3. The fraction of sp³-hybridized carbons (Fsp3) is 0.905. The lowest BCUT2D eigenvalue weighted by molar-refractivity contribution is -0.149. The second-order valence-corrected chi connectivity index (χ2v) is 9.06. The summed E-state index contributed by atoms with van der Waals surface area (Å²) in [5, 5.41) is 6.55. The maximum absolute atomic E-state index is 13.2. The summed E-state index contributed by atoms with van der Waals surface area (Å²) in [5.41, 5.74) is -0.377. The number of methoxy groups -OCH3 is 1. The van der Waals surface area contributed by atoms with Crippen LogP contribution in [0.25, 0.3) is 0 Å². The van der Waals surface area contributed by atoms with Crippen molar-refractivity contribution in [3.63, 3.8) is 0 Å². The van der Waals surface area contributed by atoms with Gasteiger partial charge >= 0.3 is 0 Å². The predicted molar refractivity (Wildman–Crippen MR) is 109 cm³/mol. The number of nitrogens with zero attached hydrogens (tertiary/aromatic N) is 2. The molecule has 2 aliphatic heterocycles. The Balaban J connectivity index is 1.43. The zero-order valence-corrected chi connectivity index (χ0v) is 17.7. The molecule has 3 aliphatic rings. The van der Waals surface area contributed by atoms with Crippen LogP contribution in [0.15, 0.2) is 0 Å². The van der Waals surface area contributed by atoms with Crippen LogP contribution < -0.4 is 10.6 Å². The van der Waals surface area contributed by atoms with Crippen LogP contribution in [0.3, 0.4) is 0 Å². The van der Waals surface area contributed by atoms with Gasteiger partial charge in [-0.2, -0.15) is 0 Å². The third-order valence-electron chi connectivity index (χ3n) is 6.84. The van der Waals surface area contributed by atoms with Gasteiger partial charge in [0.25, 0.3) is 0 Å². The monoisotopic (exact) mass is 394 g/mol. The van der Waals surface area contributed by atoms with Gasteiger partial charge in [-0.1, -0.05) is 6.92 Å². The summed E-state index contributed by atoms with van der Waals surface area (Å²) in [6.45, 7) is 7.91. The summed E-state index contributed by atoms with van der Waals surface area (Å²) in [5.74, 6) is 1.16. The van der Waals surface area contributed by atoms with Crippen molar-refractivity contribution in [1.29, 1.82) is 0 Å². The molecule has 0 atom stereocenters. The molecule has 2 amide bonds. The average molecular weight is 395 g/mol. The molecule has 0 aromatic heterocycles. The van der Waals surface area contributed by atoms with Crippen molar-refractivity contribution < 1.29 is 14.3 Å².